The molecule has 22 heavy (non-hydrogen) atoms. The summed E-state index contributed by atoms with van der Waals surface area (Å²) in [5.41, 5.74) is 0.610. The number of pyridine rings is 1. The summed E-state index contributed by atoms with van der Waals surface area (Å²) in [5, 5.41) is 0.197. The Kier molecular flexibility index (Phi) is 3.41. The average molecular weight is 322 g/mol. The topological polar surface area (TPSA) is 47.8 Å². The van der Waals surface area contributed by atoms with E-state index in [4.69, 9.17) is 11.6 Å². The number of aromatic nitrogens is 3. The van der Waals surface area contributed by atoms with Crippen LogP contribution in [0.3, 0.4) is 0 Å². The van der Waals surface area contributed by atoms with Crippen molar-refractivity contribution in [3.8, 4) is 11.3 Å². The monoisotopic (exact) mass is 321 g/mol. The van der Waals surface area contributed by atoms with Crippen molar-refractivity contribution in [1.29, 1.82) is 0 Å². The highest BCUT2D eigenvalue weighted by molar-refractivity contribution is 6.28. The van der Waals surface area contributed by atoms with Crippen molar-refractivity contribution in [3.05, 3.63) is 57.2 Å². The van der Waals surface area contributed by atoms with Gasteiger partial charge >= 0.3 is 0 Å². The maximum Gasteiger partial charge on any atom is 0.277 e. The third-order valence-electron chi connectivity index (χ3n) is 3.49. The lowest BCUT2D eigenvalue weighted by atomic mass is 10.1. The lowest BCUT2D eigenvalue weighted by molar-refractivity contribution is 0.585. The van der Waals surface area contributed by atoms with Crippen LogP contribution in [0.15, 0.2) is 29.1 Å². The summed E-state index contributed by atoms with van der Waals surface area (Å²) < 4.78 is 28.5. The highest BCUT2D eigenvalue weighted by Gasteiger charge is 2.16. The van der Waals surface area contributed by atoms with Gasteiger partial charge in [0.25, 0.3) is 5.56 Å². The number of fused-ring (bicyclic) bond motifs is 1. The second kappa shape index (κ2) is 5.14. The van der Waals surface area contributed by atoms with Gasteiger partial charge in [-0.15, -0.1) is 0 Å². The molecule has 0 fully saturated rings. The van der Waals surface area contributed by atoms with Gasteiger partial charge in [-0.2, -0.15) is 0 Å². The van der Waals surface area contributed by atoms with Crippen LogP contribution in [0.2, 0.25) is 5.28 Å². The summed E-state index contributed by atoms with van der Waals surface area (Å²) in [7, 11) is 1.60. The van der Waals surface area contributed by atoms with Gasteiger partial charge in [-0.3, -0.25) is 4.79 Å². The van der Waals surface area contributed by atoms with Crippen molar-refractivity contribution in [2.45, 2.75) is 6.92 Å². The molecule has 1 aromatic carbocycles. The molecule has 3 rings (SSSR count). The van der Waals surface area contributed by atoms with Gasteiger partial charge in [0, 0.05) is 29.8 Å². The summed E-state index contributed by atoms with van der Waals surface area (Å²) in [6.07, 6.45) is 0. The lowest BCUT2D eigenvalue weighted by Crippen LogP contribution is -2.20. The Bertz CT molecular complexity index is 969. The van der Waals surface area contributed by atoms with Gasteiger partial charge in [-0.1, -0.05) is 0 Å². The first kappa shape index (κ1) is 14.6. The minimum atomic E-state index is -0.783. The maximum absolute atomic E-state index is 14.0. The van der Waals surface area contributed by atoms with Crippen LogP contribution >= 0.6 is 11.6 Å². The van der Waals surface area contributed by atoms with E-state index in [0.29, 0.717) is 11.1 Å². The van der Waals surface area contributed by atoms with Crippen LogP contribution in [-0.2, 0) is 7.05 Å². The fourth-order valence-corrected chi connectivity index (χ4v) is 2.42. The molecule has 3 aromatic rings. The Labute approximate surface area is 129 Å². The van der Waals surface area contributed by atoms with Crippen LogP contribution in [0.5, 0.6) is 0 Å². The van der Waals surface area contributed by atoms with Gasteiger partial charge in [0.05, 0.1) is 5.69 Å². The summed E-state index contributed by atoms with van der Waals surface area (Å²) in [6, 6.07) is 4.81. The number of aryl methyl sites for hydroxylation is 1. The Hall–Kier alpha value is -2.34. The average Bonchev–Trinajstić information content (AvgIpc) is 2.46. The second-order valence-electron chi connectivity index (χ2n) is 4.88. The number of rotatable bonds is 1. The predicted molar refractivity (Wildman–Crippen MR) is 79.9 cm³/mol. The molecule has 2 aromatic heterocycles. The van der Waals surface area contributed by atoms with E-state index in [2.05, 4.69) is 9.97 Å². The van der Waals surface area contributed by atoms with E-state index in [1.165, 1.54) is 10.6 Å². The molecule has 0 radical (unpaired) electrons. The summed E-state index contributed by atoms with van der Waals surface area (Å²) in [6.45, 7) is 1.74. The third-order valence-corrected chi connectivity index (χ3v) is 3.66. The molecule has 0 atom stereocenters. The largest absolute Gasteiger partial charge is 0.314 e. The molecule has 0 saturated carbocycles. The highest BCUT2D eigenvalue weighted by Crippen LogP contribution is 2.28. The molecule has 0 aliphatic carbocycles. The minimum absolute atomic E-state index is 0.0587. The zero-order valence-electron chi connectivity index (χ0n) is 11.7. The van der Waals surface area contributed by atoms with Crippen LogP contribution in [0, 0.1) is 18.6 Å². The number of hydrogen-bond acceptors (Lipinski definition) is 3. The van der Waals surface area contributed by atoms with Crippen molar-refractivity contribution in [2.75, 3.05) is 0 Å². The standard InChI is InChI=1S/C15H10ClF2N3O/c1-7-5-10-12(9-4-3-8(17)6-11(9)18)19-15(16)20-13(10)14(22)21(7)2/h3-6H,1-2H3. The SMILES string of the molecule is Cc1cc2c(-c3ccc(F)cc3F)nc(Cl)nc2c(=O)n1C. The predicted octanol–water partition coefficient (Wildman–Crippen LogP) is 3.24. The first-order chi connectivity index (χ1) is 10.4. The summed E-state index contributed by atoms with van der Waals surface area (Å²) >= 11 is 5.85. The van der Waals surface area contributed by atoms with E-state index in [0.717, 1.165) is 12.1 Å². The molecule has 0 aliphatic rings. The Morgan fingerprint density at radius 3 is 2.59 bits per heavy atom. The molecule has 0 aliphatic heterocycles. The zero-order chi connectivity index (χ0) is 16.0. The molecular formula is C15H10ClF2N3O. The Morgan fingerprint density at radius 1 is 1.18 bits per heavy atom. The van der Waals surface area contributed by atoms with Crippen LogP contribution in [0.25, 0.3) is 22.2 Å². The molecule has 0 amide bonds. The van der Waals surface area contributed by atoms with Crippen LogP contribution in [0.4, 0.5) is 8.78 Å². The van der Waals surface area contributed by atoms with E-state index < -0.39 is 11.6 Å². The van der Waals surface area contributed by atoms with E-state index in [9.17, 15) is 13.6 Å². The second-order valence-corrected chi connectivity index (χ2v) is 5.22. The quantitative estimate of drug-likeness (QED) is 0.646. The molecule has 0 spiro atoms. The molecular weight excluding hydrogens is 312 g/mol. The molecule has 112 valence electrons. The fraction of sp³-hybridized carbons (Fsp3) is 0.133. The Balaban J connectivity index is 2.46. The lowest BCUT2D eigenvalue weighted by Gasteiger charge is -2.10. The van der Waals surface area contributed by atoms with Crippen molar-refractivity contribution in [2.24, 2.45) is 7.05 Å². The van der Waals surface area contributed by atoms with Crippen molar-refractivity contribution in [3.63, 3.8) is 0 Å². The fourth-order valence-electron chi connectivity index (χ4n) is 2.25. The van der Waals surface area contributed by atoms with Crippen LogP contribution in [-0.4, -0.2) is 14.5 Å². The molecule has 7 heteroatoms. The summed E-state index contributed by atoms with van der Waals surface area (Å²) in [4.78, 5) is 20.2. The summed E-state index contributed by atoms with van der Waals surface area (Å²) in [5.74, 6) is -1.48. The highest BCUT2D eigenvalue weighted by atomic mass is 35.5. The zero-order valence-corrected chi connectivity index (χ0v) is 12.4. The molecule has 0 unspecified atom stereocenters. The van der Waals surface area contributed by atoms with E-state index in [-0.39, 0.29) is 27.6 Å². The van der Waals surface area contributed by atoms with Crippen LogP contribution < -0.4 is 5.56 Å². The minimum Gasteiger partial charge on any atom is -0.314 e. The normalized spacial score (nSPS) is 11.1. The third kappa shape index (κ3) is 2.25. The van der Waals surface area contributed by atoms with E-state index in [1.807, 2.05) is 0 Å². The first-order valence-electron chi connectivity index (χ1n) is 6.38. The number of hydrogen-bond donors (Lipinski definition) is 0. The molecule has 0 saturated heterocycles. The smallest absolute Gasteiger partial charge is 0.277 e. The number of benzene rings is 1. The molecule has 2 heterocycles. The van der Waals surface area contributed by atoms with Crippen molar-refractivity contribution in [1.82, 2.24) is 14.5 Å². The molecule has 4 nitrogen and oxygen atoms in total. The number of halogens is 3. The van der Waals surface area contributed by atoms with Crippen LogP contribution in [0.1, 0.15) is 5.69 Å². The van der Waals surface area contributed by atoms with E-state index >= 15 is 0 Å². The maximum atomic E-state index is 14.0. The van der Waals surface area contributed by atoms with Gasteiger partial charge in [0.1, 0.15) is 17.2 Å². The molecule has 0 bridgehead atoms. The van der Waals surface area contributed by atoms with Gasteiger partial charge in [0.15, 0.2) is 0 Å². The van der Waals surface area contributed by atoms with Gasteiger partial charge in [-0.25, -0.2) is 18.7 Å². The van der Waals surface area contributed by atoms with Gasteiger partial charge < -0.3 is 4.57 Å². The van der Waals surface area contributed by atoms with Crippen molar-refractivity contribution >= 4 is 22.5 Å². The van der Waals surface area contributed by atoms with E-state index in [1.54, 1.807) is 20.0 Å². The first-order valence-corrected chi connectivity index (χ1v) is 6.75. The number of nitrogens with zero attached hydrogens (tertiary/aromatic N) is 3. The molecule has 0 N–H and O–H groups in total. The van der Waals surface area contributed by atoms with Gasteiger partial charge in [-0.05, 0) is 36.7 Å². The van der Waals surface area contributed by atoms with Gasteiger partial charge in [0.2, 0.25) is 5.28 Å². The Morgan fingerprint density at radius 2 is 1.91 bits per heavy atom. The van der Waals surface area contributed by atoms with Crippen molar-refractivity contribution < 1.29 is 8.78 Å².